The maximum Gasteiger partial charge on any atom is 0.329 e. The van der Waals surface area contributed by atoms with Gasteiger partial charge in [0.2, 0.25) is 11.8 Å². The Morgan fingerprint density at radius 1 is 1.03 bits per heavy atom. The maximum atomic E-state index is 12.6. The van der Waals surface area contributed by atoms with Crippen LogP contribution in [-0.4, -0.2) is 41.1 Å². The molecule has 1 saturated heterocycles. The Morgan fingerprint density at radius 2 is 1.55 bits per heavy atom. The number of hydrogen-bond donors (Lipinski definition) is 0. The van der Waals surface area contributed by atoms with Crippen molar-refractivity contribution in [3.05, 3.63) is 35.4 Å². The predicted octanol–water partition coefficient (Wildman–Crippen LogP) is 3.27. The Balaban J connectivity index is 1.59. The highest BCUT2D eigenvalue weighted by Gasteiger charge is 2.51. The Kier molecular flexibility index (Phi) is 5.92. The van der Waals surface area contributed by atoms with Gasteiger partial charge < -0.3 is 4.74 Å². The van der Waals surface area contributed by atoms with Crippen LogP contribution in [0, 0.1) is 11.8 Å². The second kappa shape index (κ2) is 8.09. The molecule has 3 atom stereocenters. The van der Waals surface area contributed by atoms with E-state index in [0.29, 0.717) is 18.4 Å². The fourth-order valence-electron chi connectivity index (χ4n) is 4.17. The Morgan fingerprint density at radius 3 is 2.03 bits per heavy atom. The smallest absolute Gasteiger partial charge is 0.329 e. The number of fused-ring (bicyclic) bond motifs is 1. The van der Waals surface area contributed by atoms with Crippen molar-refractivity contribution in [1.82, 2.24) is 4.90 Å². The summed E-state index contributed by atoms with van der Waals surface area (Å²) < 4.78 is 5.15. The lowest BCUT2D eigenvalue weighted by atomic mass is 9.81. The van der Waals surface area contributed by atoms with Crippen LogP contribution in [0.25, 0.3) is 0 Å². The average Bonchev–Trinajstić information content (AvgIpc) is 2.95. The number of ether oxygens (including phenoxy) is 1. The van der Waals surface area contributed by atoms with Crippen LogP contribution in [0.15, 0.2) is 24.3 Å². The number of imide groups is 1. The summed E-state index contributed by atoms with van der Waals surface area (Å²) in [4.78, 5) is 51.0. The van der Waals surface area contributed by atoms with Crippen LogP contribution < -0.4 is 0 Å². The highest BCUT2D eigenvalue weighted by Crippen LogP contribution is 2.38. The van der Waals surface area contributed by atoms with Gasteiger partial charge in [0.25, 0.3) is 0 Å². The molecule has 6 heteroatoms. The second-order valence-electron chi connectivity index (χ2n) is 9.08. The summed E-state index contributed by atoms with van der Waals surface area (Å²) in [6, 6.07) is 6.20. The molecule has 6 nitrogen and oxygen atoms in total. The largest absolute Gasteiger partial charge is 0.456 e. The van der Waals surface area contributed by atoms with E-state index in [1.807, 2.05) is 12.1 Å². The van der Waals surface area contributed by atoms with Gasteiger partial charge in [0.1, 0.15) is 6.04 Å². The highest BCUT2D eigenvalue weighted by molar-refractivity contribution is 6.08. The first-order valence-electron chi connectivity index (χ1n) is 10.3. The van der Waals surface area contributed by atoms with Crippen LogP contribution >= 0.6 is 0 Å². The number of nitrogens with zero attached hydrogens (tertiary/aromatic N) is 1. The Bertz CT molecular complexity index is 797. The molecule has 156 valence electrons. The predicted molar refractivity (Wildman–Crippen MR) is 107 cm³/mol. The van der Waals surface area contributed by atoms with Crippen molar-refractivity contribution in [2.45, 2.75) is 64.8 Å². The molecule has 1 aromatic rings. The van der Waals surface area contributed by atoms with Crippen molar-refractivity contribution in [2.24, 2.45) is 11.8 Å². The molecule has 2 amide bonds. The number of benzene rings is 1. The average molecular weight is 399 g/mol. The lowest BCUT2D eigenvalue weighted by Gasteiger charge is -2.21. The summed E-state index contributed by atoms with van der Waals surface area (Å²) in [7, 11) is 0. The van der Waals surface area contributed by atoms with Crippen LogP contribution in [-0.2, 0) is 24.5 Å². The van der Waals surface area contributed by atoms with E-state index in [0.717, 1.165) is 23.3 Å². The van der Waals surface area contributed by atoms with Crippen molar-refractivity contribution in [2.75, 3.05) is 6.61 Å². The zero-order valence-electron chi connectivity index (χ0n) is 17.6. The first-order valence-corrected chi connectivity index (χ1v) is 10.3. The molecule has 2 aliphatic rings. The molecule has 0 spiro atoms. The lowest BCUT2D eigenvalue weighted by Crippen LogP contribution is -2.44. The first-order chi connectivity index (χ1) is 13.6. The minimum absolute atomic E-state index is 0.0184. The van der Waals surface area contributed by atoms with Gasteiger partial charge in [0.15, 0.2) is 12.4 Å². The third kappa shape index (κ3) is 4.26. The molecule has 1 aliphatic carbocycles. The first kappa shape index (κ1) is 21.2. The van der Waals surface area contributed by atoms with Gasteiger partial charge >= 0.3 is 5.97 Å². The molecule has 1 saturated carbocycles. The summed E-state index contributed by atoms with van der Waals surface area (Å²) in [5.41, 5.74) is 1.54. The van der Waals surface area contributed by atoms with Crippen molar-refractivity contribution >= 4 is 23.6 Å². The SMILES string of the molecule is CC(C(=O)OCC(=O)c1ccc(C(C)(C)C)cc1)N1C(=O)C2CCCCC2C1=O. The van der Waals surface area contributed by atoms with Crippen LogP contribution in [0.3, 0.4) is 0 Å². The molecule has 0 aromatic heterocycles. The fraction of sp³-hybridized carbons (Fsp3) is 0.565. The van der Waals surface area contributed by atoms with Crippen molar-refractivity contribution < 1.29 is 23.9 Å². The third-order valence-electron chi connectivity index (χ3n) is 6.02. The van der Waals surface area contributed by atoms with Gasteiger partial charge in [-0.15, -0.1) is 0 Å². The number of hydrogen-bond acceptors (Lipinski definition) is 5. The van der Waals surface area contributed by atoms with Crippen LogP contribution in [0.5, 0.6) is 0 Å². The number of Topliss-reactive ketones (excluding diaryl/α,β-unsaturated/α-hetero) is 1. The summed E-state index contributed by atoms with van der Waals surface area (Å²) >= 11 is 0. The second-order valence-corrected chi connectivity index (χ2v) is 9.08. The number of rotatable bonds is 5. The number of likely N-dealkylation sites (tertiary alicyclic amines) is 1. The van der Waals surface area contributed by atoms with Crippen LogP contribution in [0.4, 0.5) is 0 Å². The number of ketones is 1. The molecule has 3 unspecified atom stereocenters. The van der Waals surface area contributed by atoms with Gasteiger partial charge in [-0.1, -0.05) is 57.9 Å². The lowest BCUT2D eigenvalue weighted by molar-refractivity contribution is -0.157. The van der Waals surface area contributed by atoms with Gasteiger partial charge in [-0.2, -0.15) is 0 Å². The number of carbonyl (C=O) groups is 4. The van der Waals surface area contributed by atoms with Gasteiger partial charge in [-0.3, -0.25) is 19.3 Å². The van der Waals surface area contributed by atoms with Crippen molar-refractivity contribution in [3.8, 4) is 0 Å². The van der Waals surface area contributed by atoms with E-state index < -0.39 is 18.6 Å². The van der Waals surface area contributed by atoms with E-state index >= 15 is 0 Å². The summed E-state index contributed by atoms with van der Waals surface area (Å²) in [6.45, 7) is 7.33. The van der Waals surface area contributed by atoms with Gasteiger partial charge in [0.05, 0.1) is 11.8 Å². The summed E-state index contributed by atoms with van der Waals surface area (Å²) in [5.74, 6) is -2.24. The maximum absolute atomic E-state index is 12.6. The molecule has 29 heavy (non-hydrogen) atoms. The molecule has 0 radical (unpaired) electrons. The highest BCUT2D eigenvalue weighted by atomic mass is 16.5. The van der Waals surface area contributed by atoms with E-state index in [4.69, 9.17) is 4.74 Å². The van der Waals surface area contributed by atoms with E-state index in [9.17, 15) is 19.2 Å². The molecule has 0 bridgehead atoms. The Hall–Kier alpha value is -2.50. The number of esters is 1. The fourth-order valence-corrected chi connectivity index (χ4v) is 4.17. The van der Waals surface area contributed by atoms with Crippen LogP contribution in [0.2, 0.25) is 0 Å². The molecule has 1 aromatic carbocycles. The van der Waals surface area contributed by atoms with Crippen LogP contribution in [0.1, 0.15) is 69.3 Å². The van der Waals surface area contributed by atoms with E-state index in [1.54, 1.807) is 12.1 Å². The van der Waals surface area contributed by atoms with E-state index in [2.05, 4.69) is 20.8 Å². The number of amides is 2. The zero-order chi connectivity index (χ0) is 21.3. The molecular formula is C23H29NO5. The molecule has 2 fully saturated rings. The van der Waals surface area contributed by atoms with Crippen molar-refractivity contribution in [1.29, 1.82) is 0 Å². The quantitative estimate of drug-likeness (QED) is 0.431. The standard InChI is InChI=1S/C23H29NO5/c1-14(24-20(26)17-7-5-6-8-18(17)21(24)27)22(28)29-13-19(25)15-9-11-16(12-10-15)23(2,3)4/h9-12,14,17-18H,5-8,13H2,1-4H3. The molecule has 3 rings (SSSR count). The topological polar surface area (TPSA) is 80.8 Å². The van der Waals surface area contributed by atoms with Gasteiger partial charge in [-0.05, 0) is 30.7 Å². The normalized spacial score (nSPS) is 23.0. The van der Waals surface area contributed by atoms with Crippen molar-refractivity contribution in [3.63, 3.8) is 0 Å². The van der Waals surface area contributed by atoms with Gasteiger partial charge in [-0.25, -0.2) is 4.79 Å². The van der Waals surface area contributed by atoms with E-state index in [1.165, 1.54) is 6.92 Å². The molecule has 1 heterocycles. The zero-order valence-corrected chi connectivity index (χ0v) is 17.6. The monoisotopic (exact) mass is 399 g/mol. The van der Waals surface area contributed by atoms with Gasteiger partial charge in [0, 0.05) is 5.56 Å². The minimum Gasteiger partial charge on any atom is -0.456 e. The van der Waals surface area contributed by atoms with E-state index in [-0.39, 0.29) is 34.8 Å². The number of carbonyl (C=O) groups excluding carboxylic acids is 4. The molecule has 0 N–H and O–H groups in total. The summed E-state index contributed by atoms with van der Waals surface area (Å²) in [5, 5.41) is 0. The molecular weight excluding hydrogens is 370 g/mol. The molecule has 1 aliphatic heterocycles. The summed E-state index contributed by atoms with van der Waals surface area (Å²) in [6.07, 6.45) is 3.23. The third-order valence-corrected chi connectivity index (χ3v) is 6.02. The minimum atomic E-state index is -1.02. The Labute approximate surface area is 171 Å².